The fourth-order valence-electron chi connectivity index (χ4n) is 3.20. The lowest BCUT2D eigenvalue weighted by atomic mass is 10.00. The molecule has 0 saturated heterocycles. The Hall–Kier alpha value is -3.80. The summed E-state index contributed by atoms with van der Waals surface area (Å²) in [5.41, 5.74) is 6.91. The standard InChI is InChI=1S/C24H24N2O4/c1-16(19-9-5-7-18-6-3-4-8-20(18)19)26-24(28)13-11-17-10-12-21(22(14-17)29-2)30-15-23(25)27/h3-14,16H,15H2,1-2H3,(H2,25,27)(H,26,28). The van der Waals surface area contributed by atoms with E-state index in [2.05, 4.69) is 23.5 Å². The summed E-state index contributed by atoms with van der Waals surface area (Å²) in [6, 6.07) is 19.2. The first-order valence-electron chi connectivity index (χ1n) is 9.53. The first kappa shape index (κ1) is 20.9. The van der Waals surface area contributed by atoms with Gasteiger partial charge in [-0.25, -0.2) is 0 Å². The topological polar surface area (TPSA) is 90.7 Å². The van der Waals surface area contributed by atoms with Crippen molar-refractivity contribution >= 4 is 28.7 Å². The van der Waals surface area contributed by atoms with Gasteiger partial charge in [-0.3, -0.25) is 9.59 Å². The van der Waals surface area contributed by atoms with Crippen LogP contribution in [0.1, 0.15) is 24.1 Å². The predicted molar refractivity (Wildman–Crippen MR) is 117 cm³/mol. The highest BCUT2D eigenvalue weighted by atomic mass is 16.5. The number of hydrogen-bond donors (Lipinski definition) is 2. The highest BCUT2D eigenvalue weighted by Gasteiger charge is 2.11. The van der Waals surface area contributed by atoms with Crippen molar-refractivity contribution in [2.24, 2.45) is 5.73 Å². The number of amides is 2. The van der Waals surface area contributed by atoms with Crippen molar-refractivity contribution in [1.82, 2.24) is 5.32 Å². The SMILES string of the molecule is COc1cc(C=CC(=O)NC(C)c2cccc3ccccc23)ccc1OCC(N)=O. The van der Waals surface area contributed by atoms with Crippen LogP contribution in [0, 0.1) is 0 Å². The number of nitrogens with one attached hydrogen (secondary N) is 1. The zero-order valence-corrected chi connectivity index (χ0v) is 16.9. The van der Waals surface area contributed by atoms with Gasteiger partial charge < -0.3 is 20.5 Å². The molecule has 1 atom stereocenters. The highest BCUT2D eigenvalue weighted by Crippen LogP contribution is 2.28. The lowest BCUT2D eigenvalue weighted by Crippen LogP contribution is -2.24. The number of nitrogens with two attached hydrogens (primary N) is 1. The minimum absolute atomic E-state index is 0.146. The van der Waals surface area contributed by atoms with Crippen LogP contribution in [0.3, 0.4) is 0 Å². The Morgan fingerprint density at radius 3 is 2.60 bits per heavy atom. The zero-order valence-electron chi connectivity index (χ0n) is 16.9. The van der Waals surface area contributed by atoms with Gasteiger partial charge in [-0.15, -0.1) is 0 Å². The van der Waals surface area contributed by atoms with Crippen molar-refractivity contribution in [3.63, 3.8) is 0 Å². The number of hydrogen-bond acceptors (Lipinski definition) is 4. The summed E-state index contributed by atoms with van der Waals surface area (Å²) in [6.07, 6.45) is 3.16. The third-order valence-electron chi connectivity index (χ3n) is 4.63. The highest BCUT2D eigenvalue weighted by molar-refractivity contribution is 5.93. The second kappa shape index (κ2) is 9.60. The molecular formula is C24H24N2O4. The number of methoxy groups -OCH3 is 1. The Balaban J connectivity index is 1.68. The number of benzene rings is 3. The molecule has 0 bridgehead atoms. The predicted octanol–water partition coefficient (Wildman–Crippen LogP) is 3.60. The third-order valence-corrected chi connectivity index (χ3v) is 4.63. The van der Waals surface area contributed by atoms with Crippen molar-refractivity contribution in [3.8, 4) is 11.5 Å². The number of rotatable bonds is 8. The molecule has 6 heteroatoms. The van der Waals surface area contributed by atoms with Crippen LogP contribution in [-0.2, 0) is 9.59 Å². The van der Waals surface area contributed by atoms with E-state index in [-0.39, 0.29) is 18.6 Å². The molecule has 0 aliphatic heterocycles. The summed E-state index contributed by atoms with van der Waals surface area (Å²) < 4.78 is 10.6. The smallest absolute Gasteiger partial charge is 0.255 e. The van der Waals surface area contributed by atoms with Crippen molar-refractivity contribution in [3.05, 3.63) is 77.9 Å². The van der Waals surface area contributed by atoms with E-state index in [0.717, 1.165) is 21.9 Å². The van der Waals surface area contributed by atoms with Gasteiger partial charge in [0.05, 0.1) is 13.2 Å². The zero-order chi connectivity index (χ0) is 21.5. The summed E-state index contributed by atoms with van der Waals surface area (Å²) in [7, 11) is 1.50. The molecule has 30 heavy (non-hydrogen) atoms. The summed E-state index contributed by atoms with van der Waals surface area (Å²) in [5.74, 6) is 0.0758. The molecule has 3 rings (SSSR count). The second-order valence-electron chi connectivity index (χ2n) is 6.80. The van der Waals surface area contributed by atoms with Crippen molar-refractivity contribution in [2.75, 3.05) is 13.7 Å². The van der Waals surface area contributed by atoms with E-state index in [0.29, 0.717) is 11.5 Å². The fourth-order valence-corrected chi connectivity index (χ4v) is 3.20. The Labute approximate surface area is 175 Å². The minimum Gasteiger partial charge on any atom is -0.493 e. The van der Waals surface area contributed by atoms with Gasteiger partial charge in [-0.2, -0.15) is 0 Å². The molecule has 0 aliphatic rings. The normalized spacial score (nSPS) is 11.9. The first-order valence-corrected chi connectivity index (χ1v) is 9.53. The van der Waals surface area contributed by atoms with E-state index in [4.69, 9.17) is 15.2 Å². The lowest BCUT2D eigenvalue weighted by molar-refractivity contribution is -0.120. The average Bonchev–Trinajstić information content (AvgIpc) is 2.75. The Kier molecular flexibility index (Phi) is 6.70. The first-order chi connectivity index (χ1) is 14.5. The molecule has 3 N–H and O–H groups in total. The molecule has 2 amide bonds. The van der Waals surface area contributed by atoms with Crippen LogP contribution in [0.2, 0.25) is 0 Å². The van der Waals surface area contributed by atoms with Crippen LogP contribution in [0.15, 0.2) is 66.7 Å². The summed E-state index contributed by atoms with van der Waals surface area (Å²) in [6.45, 7) is 1.72. The van der Waals surface area contributed by atoms with Crippen LogP contribution in [-0.4, -0.2) is 25.5 Å². The van der Waals surface area contributed by atoms with Gasteiger partial charge in [0, 0.05) is 6.08 Å². The number of carbonyl (C=O) groups excluding carboxylic acids is 2. The molecule has 154 valence electrons. The van der Waals surface area contributed by atoms with E-state index in [1.807, 2.05) is 31.2 Å². The van der Waals surface area contributed by atoms with Gasteiger partial charge in [-0.05, 0) is 47.0 Å². The maximum Gasteiger partial charge on any atom is 0.255 e. The van der Waals surface area contributed by atoms with Crippen LogP contribution >= 0.6 is 0 Å². The molecule has 3 aromatic carbocycles. The fraction of sp³-hybridized carbons (Fsp3) is 0.167. The third kappa shape index (κ3) is 5.17. The summed E-state index contributed by atoms with van der Waals surface area (Å²) >= 11 is 0. The van der Waals surface area contributed by atoms with E-state index in [9.17, 15) is 9.59 Å². The summed E-state index contributed by atoms with van der Waals surface area (Å²) in [4.78, 5) is 23.3. The van der Waals surface area contributed by atoms with E-state index in [1.54, 1.807) is 24.3 Å². The van der Waals surface area contributed by atoms with Gasteiger partial charge in [0.25, 0.3) is 5.91 Å². The van der Waals surface area contributed by atoms with Gasteiger partial charge in [0.1, 0.15) is 0 Å². The maximum absolute atomic E-state index is 12.4. The van der Waals surface area contributed by atoms with E-state index in [1.165, 1.54) is 13.2 Å². The van der Waals surface area contributed by atoms with Crippen molar-refractivity contribution in [2.45, 2.75) is 13.0 Å². The molecule has 1 unspecified atom stereocenters. The van der Waals surface area contributed by atoms with Crippen LogP contribution < -0.4 is 20.5 Å². The molecular weight excluding hydrogens is 380 g/mol. The number of fused-ring (bicyclic) bond motifs is 1. The Bertz CT molecular complexity index is 1090. The average molecular weight is 404 g/mol. The quantitative estimate of drug-likeness (QED) is 0.561. The van der Waals surface area contributed by atoms with E-state index < -0.39 is 5.91 Å². The van der Waals surface area contributed by atoms with Gasteiger partial charge in [0.2, 0.25) is 5.91 Å². The monoisotopic (exact) mass is 404 g/mol. The van der Waals surface area contributed by atoms with Crippen molar-refractivity contribution < 1.29 is 19.1 Å². The van der Waals surface area contributed by atoms with Crippen molar-refractivity contribution in [1.29, 1.82) is 0 Å². The molecule has 0 saturated carbocycles. The van der Waals surface area contributed by atoms with Gasteiger partial charge in [0.15, 0.2) is 18.1 Å². The van der Waals surface area contributed by atoms with Gasteiger partial charge in [-0.1, -0.05) is 48.5 Å². The largest absolute Gasteiger partial charge is 0.493 e. The Morgan fingerprint density at radius 1 is 1.07 bits per heavy atom. The molecule has 3 aromatic rings. The molecule has 0 fully saturated rings. The molecule has 6 nitrogen and oxygen atoms in total. The van der Waals surface area contributed by atoms with Crippen LogP contribution in [0.4, 0.5) is 0 Å². The maximum atomic E-state index is 12.4. The van der Waals surface area contributed by atoms with E-state index >= 15 is 0 Å². The van der Waals surface area contributed by atoms with Gasteiger partial charge >= 0.3 is 0 Å². The number of ether oxygens (including phenoxy) is 2. The summed E-state index contributed by atoms with van der Waals surface area (Å²) in [5, 5.41) is 5.25. The number of carbonyl (C=O) groups is 2. The molecule has 0 heterocycles. The number of primary amides is 1. The Morgan fingerprint density at radius 2 is 1.83 bits per heavy atom. The van der Waals surface area contributed by atoms with Crippen LogP contribution in [0.5, 0.6) is 11.5 Å². The molecule has 0 aliphatic carbocycles. The molecule has 0 radical (unpaired) electrons. The van der Waals surface area contributed by atoms with Crippen LogP contribution in [0.25, 0.3) is 16.8 Å². The lowest BCUT2D eigenvalue weighted by Gasteiger charge is -2.15. The minimum atomic E-state index is -0.571. The molecule has 0 aromatic heterocycles. The second-order valence-corrected chi connectivity index (χ2v) is 6.80. The molecule has 0 spiro atoms.